The van der Waals surface area contributed by atoms with Gasteiger partial charge in [0.05, 0.1) is 11.8 Å². The monoisotopic (exact) mass is 210 g/mol. The zero-order valence-electron chi connectivity index (χ0n) is 9.31. The summed E-state index contributed by atoms with van der Waals surface area (Å²) in [4.78, 5) is 0. The standard InChI is InChI=1S/C11H18N2O2/c1-13-10(5-7-12-13)11(14)6-3-4-9(8-11)15-2/h5,7,9,14H,3-4,6,8H2,1-2H3. The Labute approximate surface area is 89.9 Å². The van der Waals surface area contributed by atoms with Gasteiger partial charge in [-0.2, -0.15) is 5.10 Å². The minimum Gasteiger partial charge on any atom is -0.383 e. The number of aryl methyl sites for hydroxylation is 1. The molecule has 1 N–H and O–H groups in total. The van der Waals surface area contributed by atoms with Gasteiger partial charge in [-0.15, -0.1) is 0 Å². The molecule has 15 heavy (non-hydrogen) atoms. The number of nitrogens with zero attached hydrogens (tertiary/aromatic N) is 2. The van der Waals surface area contributed by atoms with Gasteiger partial charge in [-0.3, -0.25) is 4.68 Å². The van der Waals surface area contributed by atoms with Gasteiger partial charge in [-0.05, 0) is 25.3 Å². The summed E-state index contributed by atoms with van der Waals surface area (Å²) in [5.74, 6) is 0. The summed E-state index contributed by atoms with van der Waals surface area (Å²) in [7, 11) is 3.57. The minimum atomic E-state index is -0.760. The number of hydrogen-bond acceptors (Lipinski definition) is 3. The maximum absolute atomic E-state index is 10.6. The van der Waals surface area contributed by atoms with Crippen LogP contribution in [-0.2, 0) is 17.4 Å². The van der Waals surface area contributed by atoms with E-state index >= 15 is 0 Å². The van der Waals surface area contributed by atoms with E-state index < -0.39 is 5.60 Å². The molecule has 0 saturated heterocycles. The van der Waals surface area contributed by atoms with Crippen molar-refractivity contribution in [1.29, 1.82) is 0 Å². The lowest BCUT2D eigenvalue weighted by Crippen LogP contribution is -2.37. The molecule has 0 amide bonds. The van der Waals surface area contributed by atoms with Crippen molar-refractivity contribution >= 4 is 0 Å². The number of methoxy groups -OCH3 is 1. The number of ether oxygens (including phenoxy) is 1. The van der Waals surface area contributed by atoms with Gasteiger partial charge in [-0.1, -0.05) is 0 Å². The number of aliphatic hydroxyl groups is 1. The molecule has 1 aliphatic rings. The molecule has 0 spiro atoms. The van der Waals surface area contributed by atoms with Crippen LogP contribution < -0.4 is 0 Å². The number of hydrogen-bond donors (Lipinski definition) is 1. The SMILES string of the molecule is COC1CCCC(O)(c2ccnn2C)C1. The van der Waals surface area contributed by atoms with Crippen molar-refractivity contribution in [2.24, 2.45) is 7.05 Å². The van der Waals surface area contributed by atoms with Gasteiger partial charge in [0.25, 0.3) is 0 Å². The van der Waals surface area contributed by atoms with Crippen LogP contribution in [0.15, 0.2) is 12.3 Å². The first-order valence-electron chi connectivity index (χ1n) is 5.39. The second kappa shape index (κ2) is 3.94. The predicted molar refractivity (Wildman–Crippen MR) is 56.4 cm³/mol. The zero-order chi connectivity index (χ0) is 10.9. The van der Waals surface area contributed by atoms with Crippen molar-refractivity contribution in [3.63, 3.8) is 0 Å². The Balaban J connectivity index is 2.22. The van der Waals surface area contributed by atoms with Crippen LogP contribution in [0.5, 0.6) is 0 Å². The Morgan fingerprint density at radius 1 is 1.67 bits per heavy atom. The third kappa shape index (κ3) is 1.92. The second-order valence-corrected chi connectivity index (χ2v) is 4.33. The van der Waals surface area contributed by atoms with Gasteiger partial charge >= 0.3 is 0 Å². The molecule has 4 nitrogen and oxygen atoms in total. The third-order valence-corrected chi connectivity index (χ3v) is 3.31. The summed E-state index contributed by atoms with van der Waals surface area (Å²) in [6.07, 6.45) is 5.40. The topological polar surface area (TPSA) is 47.3 Å². The molecular weight excluding hydrogens is 192 g/mol. The summed E-state index contributed by atoms with van der Waals surface area (Å²) < 4.78 is 7.08. The summed E-state index contributed by atoms with van der Waals surface area (Å²) in [6, 6.07) is 1.89. The van der Waals surface area contributed by atoms with Crippen LogP contribution in [0.3, 0.4) is 0 Å². The minimum absolute atomic E-state index is 0.165. The van der Waals surface area contributed by atoms with Crippen molar-refractivity contribution < 1.29 is 9.84 Å². The maximum atomic E-state index is 10.6. The van der Waals surface area contributed by atoms with Gasteiger partial charge in [0, 0.05) is 26.8 Å². The molecule has 4 heteroatoms. The van der Waals surface area contributed by atoms with Crippen LogP contribution in [0.25, 0.3) is 0 Å². The fraction of sp³-hybridized carbons (Fsp3) is 0.727. The fourth-order valence-electron chi connectivity index (χ4n) is 2.47. The molecule has 1 saturated carbocycles. The molecule has 2 atom stereocenters. The van der Waals surface area contributed by atoms with Crippen LogP contribution in [-0.4, -0.2) is 28.1 Å². The smallest absolute Gasteiger partial charge is 0.109 e. The lowest BCUT2D eigenvalue weighted by Gasteiger charge is -2.36. The average molecular weight is 210 g/mol. The van der Waals surface area contributed by atoms with E-state index in [0.29, 0.717) is 6.42 Å². The molecule has 2 rings (SSSR count). The molecule has 1 heterocycles. The van der Waals surface area contributed by atoms with Crippen LogP contribution >= 0.6 is 0 Å². The van der Waals surface area contributed by atoms with E-state index in [1.807, 2.05) is 13.1 Å². The van der Waals surface area contributed by atoms with Gasteiger partial charge in [0.15, 0.2) is 0 Å². The quantitative estimate of drug-likeness (QED) is 0.797. The highest BCUT2D eigenvalue weighted by molar-refractivity contribution is 5.13. The second-order valence-electron chi connectivity index (χ2n) is 4.33. The fourth-order valence-corrected chi connectivity index (χ4v) is 2.47. The van der Waals surface area contributed by atoms with E-state index in [2.05, 4.69) is 5.10 Å². The van der Waals surface area contributed by atoms with Crippen LogP contribution in [0, 0.1) is 0 Å². The number of rotatable bonds is 2. The van der Waals surface area contributed by atoms with Crippen molar-refractivity contribution in [1.82, 2.24) is 9.78 Å². The zero-order valence-corrected chi connectivity index (χ0v) is 9.31. The van der Waals surface area contributed by atoms with Crippen LogP contribution in [0.1, 0.15) is 31.4 Å². The van der Waals surface area contributed by atoms with E-state index in [0.717, 1.165) is 25.0 Å². The summed E-state index contributed by atoms with van der Waals surface area (Å²) in [5, 5.41) is 14.7. The van der Waals surface area contributed by atoms with Crippen LogP contribution in [0.2, 0.25) is 0 Å². The highest BCUT2D eigenvalue weighted by Gasteiger charge is 2.37. The van der Waals surface area contributed by atoms with Gasteiger partial charge in [-0.25, -0.2) is 0 Å². The normalized spacial score (nSPS) is 31.8. The molecule has 84 valence electrons. The summed E-state index contributed by atoms with van der Waals surface area (Å²) >= 11 is 0. The van der Waals surface area contributed by atoms with E-state index in [1.165, 1.54) is 0 Å². The van der Waals surface area contributed by atoms with E-state index in [9.17, 15) is 5.11 Å². The largest absolute Gasteiger partial charge is 0.383 e. The Morgan fingerprint density at radius 2 is 2.47 bits per heavy atom. The maximum Gasteiger partial charge on any atom is 0.109 e. The van der Waals surface area contributed by atoms with E-state index in [-0.39, 0.29) is 6.10 Å². The highest BCUT2D eigenvalue weighted by Crippen LogP contribution is 2.37. The Morgan fingerprint density at radius 3 is 3.07 bits per heavy atom. The lowest BCUT2D eigenvalue weighted by molar-refractivity contribution is -0.0677. The summed E-state index contributed by atoms with van der Waals surface area (Å²) in [6.45, 7) is 0. The third-order valence-electron chi connectivity index (χ3n) is 3.31. The highest BCUT2D eigenvalue weighted by atomic mass is 16.5. The molecule has 0 bridgehead atoms. The molecular formula is C11H18N2O2. The lowest BCUT2D eigenvalue weighted by atomic mass is 9.81. The Bertz CT molecular complexity index is 337. The van der Waals surface area contributed by atoms with E-state index in [1.54, 1.807) is 18.0 Å². The molecule has 0 aliphatic heterocycles. The molecule has 2 unspecified atom stereocenters. The van der Waals surface area contributed by atoms with Gasteiger partial charge < -0.3 is 9.84 Å². The van der Waals surface area contributed by atoms with Crippen molar-refractivity contribution in [3.05, 3.63) is 18.0 Å². The first-order valence-corrected chi connectivity index (χ1v) is 5.39. The van der Waals surface area contributed by atoms with Crippen LogP contribution in [0.4, 0.5) is 0 Å². The molecule has 0 aromatic carbocycles. The predicted octanol–water partition coefficient (Wildman–Crippen LogP) is 1.20. The average Bonchev–Trinajstić information content (AvgIpc) is 2.65. The van der Waals surface area contributed by atoms with Crippen molar-refractivity contribution in [2.45, 2.75) is 37.4 Å². The molecule has 1 aliphatic carbocycles. The van der Waals surface area contributed by atoms with Gasteiger partial charge in [0.2, 0.25) is 0 Å². The molecule has 1 fully saturated rings. The first-order chi connectivity index (χ1) is 7.15. The Kier molecular flexibility index (Phi) is 2.80. The first kappa shape index (κ1) is 10.6. The molecule has 1 aromatic rings. The van der Waals surface area contributed by atoms with Gasteiger partial charge in [0.1, 0.15) is 5.60 Å². The van der Waals surface area contributed by atoms with Crippen molar-refractivity contribution in [3.8, 4) is 0 Å². The van der Waals surface area contributed by atoms with E-state index in [4.69, 9.17) is 4.74 Å². The molecule has 0 radical (unpaired) electrons. The Hall–Kier alpha value is -0.870. The molecule has 1 aromatic heterocycles. The summed E-state index contributed by atoms with van der Waals surface area (Å²) in [5.41, 5.74) is 0.133. The van der Waals surface area contributed by atoms with Crippen molar-refractivity contribution in [2.75, 3.05) is 7.11 Å². The number of aromatic nitrogens is 2.